The molecule has 0 spiro atoms. The summed E-state index contributed by atoms with van der Waals surface area (Å²) in [5.41, 5.74) is 0. The summed E-state index contributed by atoms with van der Waals surface area (Å²) in [4.78, 5) is 12.7. The largest absolute Gasteiger partial charge is 0.496 e. The predicted octanol–water partition coefficient (Wildman–Crippen LogP) is 3.38. The number of rotatable bonds is 5. The van der Waals surface area contributed by atoms with Gasteiger partial charge in [-0.05, 0) is 17.5 Å². The van der Waals surface area contributed by atoms with Crippen LogP contribution in [-0.2, 0) is 4.79 Å². The third-order valence-electron chi connectivity index (χ3n) is 2.47. The summed E-state index contributed by atoms with van der Waals surface area (Å²) in [5, 5.41) is 1.94. The number of esters is 1. The van der Waals surface area contributed by atoms with Gasteiger partial charge in [0.05, 0.1) is 14.2 Å². The SMILES string of the molecule is COc1cc(OC)cc(OC(=O)/C=C/c2cccs2)c1. The van der Waals surface area contributed by atoms with Gasteiger partial charge in [0.25, 0.3) is 0 Å². The molecule has 5 heteroatoms. The number of carbonyl (C=O) groups excluding carboxylic acids is 1. The van der Waals surface area contributed by atoms with Crippen LogP contribution in [0.5, 0.6) is 17.2 Å². The lowest BCUT2D eigenvalue weighted by Gasteiger charge is -2.07. The molecule has 0 aliphatic heterocycles. The zero-order chi connectivity index (χ0) is 14.4. The van der Waals surface area contributed by atoms with E-state index in [1.165, 1.54) is 20.3 Å². The molecule has 4 nitrogen and oxygen atoms in total. The van der Waals surface area contributed by atoms with E-state index in [0.29, 0.717) is 17.2 Å². The highest BCUT2D eigenvalue weighted by Crippen LogP contribution is 2.27. The van der Waals surface area contributed by atoms with E-state index in [1.54, 1.807) is 35.6 Å². The second-order valence-corrected chi connectivity index (χ2v) is 4.80. The van der Waals surface area contributed by atoms with E-state index in [1.807, 2.05) is 17.5 Å². The average Bonchev–Trinajstić information content (AvgIpc) is 2.98. The monoisotopic (exact) mass is 290 g/mol. The van der Waals surface area contributed by atoms with Crippen molar-refractivity contribution in [1.82, 2.24) is 0 Å². The Hall–Kier alpha value is -2.27. The molecule has 2 rings (SSSR count). The van der Waals surface area contributed by atoms with Crippen molar-refractivity contribution in [3.8, 4) is 17.2 Å². The number of ether oxygens (including phenoxy) is 3. The second kappa shape index (κ2) is 6.77. The molecule has 0 fully saturated rings. The van der Waals surface area contributed by atoms with Crippen molar-refractivity contribution in [2.75, 3.05) is 14.2 Å². The minimum Gasteiger partial charge on any atom is -0.496 e. The third kappa shape index (κ3) is 3.86. The summed E-state index contributed by atoms with van der Waals surface area (Å²) in [5.74, 6) is 1.06. The lowest BCUT2D eigenvalue weighted by molar-refractivity contribution is -0.128. The maximum absolute atomic E-state index is 11.7. The summed E-state index contributed by atoms with van der Waals surface area (Å²) in [6, 6.07) is 8.79. The van der Waals surface area contributed by atoms with E-state index in [9.17, 15) is 4.79 Å². The van der Waals surface area contributed by atoms with E-state index in [0.717, 1.165) is 4.88 Å². The Kier molecular flexibility index (Phi) is 4.79. The summed E-state index contributed by atoms with van der Waals surface area (Å²) in [7, 11) is 3.08. The van der Waals surface area contributed by atoms with Gasteiger partial charge in [0.15, 0.2) is 0 Å². The molecule has 0 unspecified atom stereocenters. The Bertz CT molecular complexity index is 580. The Morgan fingerprint density at radius 2 is 1.75 bits per heavy atom. The van der Waals surface area contributed by atoms with E-state index in [4.69, 9.17) is 14.2 Å². The minimum absolute atomic E-state index is 0.377. The van der Waals surface area contributed by atoms with Crippen molar-refractivity contribution in [1.29, 1.82) is 0 Å². The van der Waals surface area contributed by atoms with Crippen LogP contribution < -0.4 is 14.2 Å². The first-order valence-corrected chi connectivity index (χ1v) is 6.75. The molecule has 0 radical (unpaired) electrons. The molecule has 1 aromatic heterocycles. The Morgan fingerprint density at radius 1 is 1.10 bits per heavy atom. The first-order valence-electron chi connectivity index (χ1n) is 5.88. The van der Waals surface area contributed by atoms with Crippen molar-refractivity contribution in [3.63, 3.8) is 0 Å². The Balaban J connectivity index is 2.07. The summed E-state index contributed by atoms with van der Waals surface area (Å²) in [6.07, 6.45) is 3.10. The zero-order valence-corrected chi connectivity index (χ0v) is 12.0. The standard InChI is InChI=1S/C15H14O4S/c1-17-11-8-12(18-2)10-13(9-11)19-15(16)6-5-14-4-3-7-20-14/h3-10H,1-2H3/b6-5+. The van der Waals surface area contributed by atoms with Gasteiger partial charge >= 0.3 is 5.97 Å². The highest BCUT2D eigenvalue weighted by Gasteiger charge is 2.06. The normalized spacial score (nSPS) is 10.5. The lowest BCUT2D eigenvalue weighted by atomic mass is 10.3. The first kappa shape index (κ1) is 14.1. The van der Waals surface area contributed by atoms with Gasteiger partial charge < -0.3 is 14.2 Å². The van der Waals surface area contributed by atoms with Gasteiger partial charge in [-0.25, -0.2) is 4.79 Å². The predicted molar refractivity (Wildman–Crippen MR) is 78.5 cm³/mol. The minimum atomic E-state index is -0.450. The number of benzene rings is 1. The smallest absolute Gasteiger partial charge is 0.336 e. The van der Waals surface area contributed by atoms with E-state index >= 15 is 0 Å². The fourth-order valence-electron chi connectivity index (χ4n) is 1.53. The van der Waals surface area contributed by atoms with Crippen LogP contribution in [0, 0.1) is 0 Å². The van der Waals surface area contributed by atoms with Crippen LogP contribution in [0.15, 0.2) is 41.8 Å². The number of methoxy groups -OCH3 is 2. The molecule has 104 valence electrons. The van der Waals surface area contributed by atoms with Crippen LogP contribution in [-0.4, -0.2) is 20.2 Å². The van der Waals surface area contributed by atoms with E-state index in [-0.39, 0.29) is 0 Å². The van der Waals surface area contributed by atoms with Crippen molar-refractivity contribution in [2.45, 2.75) is 0 Å². The van der Waals surface area contributed by atoms with Gasteiger partial charge in [-0.1, -0.05) is 6.07 Å². The molecule has 0 aliphatic rings. The molecule has 1 aromatic carbocycles. The molecule has 0 saturated heterocycles. The molecular weight excluding hydrogens is 276 g/mol. The van der Waals surface area contributed by atoms with E-state index < -0.39 is 5.97 Å². The van der Waals surface area contributed by atoms with Crippen molar-refractivity contribution in [2.24, 2.45) is 0 Å². The Labute approximate surface area is 121 Å². The molecule has 0 amide bonds. The molecule has 2 aromatic rings. The molecular formula is C15H14O4S. The zero-order valence-electron chi connectivity index (χ0n) is 11.2. The van der Waals surface area contributed by atoms with Gasteiger partial charge in [-0.3, -0.25) is 0 Å². The fraction of sp³-hybridized carbons (Fsp3) is 0.133. The number of hydrogen-bond acceptors (Lipinski definition) is 5. The van der Waals surface area contributed by atoms with Crippen molar-refractivity contribution in [3.05, 3.63) is 46.7 Å². The lowest BCUT2D eigenvalue weighted by Crippen LogP contribution is -2.04. The highest BCUT2D eigenvalue weighted by molar-refractivity contribution is 7.10. The summed E-state index contributed by atoms with van der Waals surface area (Å²) < 4.78 is 15.4. The van der Waals surface area contributed by atoms with Crippen LogP contribution in [0.1, 0.15) is 4.88 Å². The molecule has 0 N–H and O–H groups in total. The van der Waals surface area contributed by atoms with Gasteiger partial charge in [0.2, 0.25) is 0 Å². The van der Waals surface area contributed by atoms with Crippen LogP contribution in [0.4, 0.5) is 0 Å². The van der Waals surface area contributed by atoms with Gasteiger partial charge in [0.1, 0.15) is 17.2 Å². The Morgan fingerprint density at radius 3 is 2.30 bits per heavy atom. The van der Waals surface area contributed by atoms with Crippen LogP contribution in [0.25, 0.3) is 6.08 Å². The molecule has 20 heavy (non-hydrogen) atoms. The average molecular weight is 290 g/mol. The number of hydrogen-bond donors (Lipinski definition) is 0. The molecule has 0 aliphatic carbocycles. The fourth-order valence-corrected chi connectivity index (χ4v) is 2.14. The highest BCUT2D eigenvalue weighted by atomic mass is 32.1. The van der Waals surface area contributed by atoms with Crippen LogP contribution in [0.3, 0.4) is 0 Å². The third-order valence-corrected chi connectivity index (χ3v) is 3.31. The van der Waals surface area contributed by atoms with Crippen molar-refractivity contribution < 1.29 is 19.0 Å². The molecule has 0 bridgehead atoms. The second-order valence-electron chi connectivity index (χ2n) is 3.82. The maximum atomic E-state index is 11.7. The molecule has 0 saturated carbocycles. The molecule has 0 atom stereocenters. The molecule has 1 heterocycles. The van der Waals surface area contributed by atoms with Gasteiger partial charge in [-0.15, -0.1) is 11.3 Å². The van der Waals surface area contributed by atoms with Crippen LogP contribution >= 0.6 is 11.3 Å². The van der Waals surface area contributed by atoms with Gasteiger partial charge in [-0.2, -0.15) is 0 Å². The first-order chi connectivity index (χ1) is 9.71. The van der Waals surface area contributed by atoms with Crippen molar-refractivity contribution >= 4 is 23.4 Å². The topological polar surface area (TPSA) is 44.8 Å². The maximum Gasteiger partial charge on any atom is 0.336 e. The number of thiophene rings is 1. The summed E-state index contributed by atoms with van der Waals surface area (Å²) in [6.45, 7) is 0. The quantitative estimate of drug-likeness (QED) is 0.481. The van der Waals surface area contributed by atoms with E-state index in [2.05, 4.69) is 0 Å². The summed E-state index contributed by atoms with van der Waals surface area (Å²) >= 11 is 1.55. The number of carbonyl (C=O) groups is 1. The van der Waals surface area contributed by atoms with Gasteiger partial charge in [0, 0.05) is 29.2 Å². The van der Waals surface area contributed by atoms with Crippen LogP contribution in [0.2, 0.25) is 0 Å².